The average Bonchev–Trinajstić information content (AvgIpc) is 2.43. The van der Waals surface area contributed by atoms with Crippen LogP contribution in [0.1, 0.15) is 18.2 Å². The van der Waals surface area contributed by atoms with Crippen LogP contribution in [0.5, 0.6) is 5.75 Å². The van der Waals surface area contributed by atoms with Crippen LogP contribution in [0.3, 0.4) is 0 Å². The Morgan fingerprint density at radius 1 is 1.33 bits per heavy atom. The van der Waals surface area contributed by atoms with E-state index < -0.39 is 5.24 Å². The smallest absolute Gasteiger partial charge is 0.226 e. The number of hydrogen-bond donors (Lipinski definition) is 0. The molecule has 0 aliphatic rings. The predicted molar refractivity (Wildman–Crippen MR) is 82.5 cm³/mol. The van der Waals surface area contributed by atoms with Crippen LogP contribution in [0, 0.1) is 6.92 Å². The molecular formula is C16H16ClNO3. The minimum absolute atomic E-state index is 0.0858. The third kappa shape index (κ3) is 3.52. The first kappa shape index (κ1) is 15.3. The number of para-hydroxylation sites is 2. The van der Waals surface area contributed by atoms with E-state index in [0.717, 1.165) is 17.1 Å². The van der Waals surface area contributed by atoms with Gasteiger partial charge in [0.1, 0.15) is 5.75 Å². The number of ether oxygens (including phenoxy) is 1. The predicted octanol–water partition coefficient (Wildman–Crippen LogP) is 2.85. The van der Waals surface area contributed by atoms with Gasteiger partial charge >= 0.3 is 0 Å². The van der Waals surface area contributed by atoms with Gasteiger partial charge in [-0.25, -0.2) is 0 Å². The Kier molecular flexibility index (Phi) is 4.81. The van der Waals surface area contributed by atoms with Crippen molar-refractivity contribution in [3.05, 3.63) is 58.0 Å². The highest BCUT2D eigenvalue weighted by Gasteiger charge is 2.11. The molecule has 0 N–H and O–H groups in total. The Hall–Kier alpha value is -2.07. The van der Waals surface area contributed by atoms with E-state index in [1.165, 1.54) is 6.07 Å². The van der Waals surface area contributed by atoms with Crippen LogP contribution in [-0.4, -0.2) is 16.4 Å². The summed E-state index contributed by atoms with van der Waals surface area (Å²) < 4.78 is 7.44. The molecule has 21 heavy (non-hydrogen) atoms. The maximum atomic E-state index is 11.9. The Bertz CT molecular complexity index is 722. The summed E-state index contributed by atoms with van der Waals surface area (Å²) in [6, 6.07) is 9.03. The number of benzene rings is 1. The fourth-order valence-electron chi connectivity index (χ4n) is 2.15. The fourth-order valence-corrected chi connectivity index (χ4v) is 2.29. The standard InChI is InChI=1S/C16H16ClNO3/c1-3-21-15-7-5-4-6-13(15)18-10-12(9-16(17)20)14(19)8-11(18)2/h4-8,10H,3,9H2,1-2H3. The van der Waals surface area contributed by atoms with E-state index in [2.05, 4.69) is 0 Å². The minimum atomic E-state index is -0.555. The van der Waals surface area contributed by atoms with Crippen molar-refractivity contribution < 1.29 is 9.53 Å². The van der Waals surface area contributed by atoms with Crippen LogP contribution in [0.4, 0.5) is 0 Å². The number of hydrogen-bond acceptors (Lipinski definition) is 3. The molecule has 0 unspecified atom stereocenters. The summed E-state index contributed by atoms with van der Waals surface area (Å²) in [6.45, 7) is 4.28. The molecule has 0 aliphatic carbocycles. The van der Waals surface area contributed by atoms with Crippen molar-refractivity contribution in [3.63, 3.8) is 0 Å². The summed E-state index contributed by atoms with van der Waals surface area (Å²) in [5, 5.41) is -0.555. The molecule has 5 heteroatoms. The molecule has 1 heterocycles. The molecule has 0 saturated heterocycles. The molecular weight excluding hydrogens is 290 g/mol. The number of halogens is 1. The van der Waals surface area contributed by atoms with Crippen molar-refractivity contribution in [1.82, 2.24) is 4.57 Å². The Balaban J connectivity index is 2.58. The van der Waals surface area contributed by atoms with Crippen molar-refractivity contribution in [2.45, 2.75) is 20.3 Å². The number of aryl methyl sites for hydroxylation is 1. The van der Waals surface area contributed by atoms with Gasteiger partial charge in [0.25, 0.3) is 0 Å². The summed E-state index contributed by atoms with van der Waals surface area (Å²) in [5.41, 5.74) is 1.76. The van der Waals surface area contributed by atoms with E-state index in [1.54, 1.807) is 6.20 Å². The lowest BCUT2D eigenvalue weighted by Crippen LogP contribution is -2.16. The molecule has 2 rings (SSSR count). The quantitative estimate of drug-likeness (QED) is 0.798. The van der Waals surface area contributed by atoms with Gasteiger partial charge in [-0.2, -0.15) is 0 Å². The lowest BCUT2D eigenvalue weighted by atomic mass is 10.1. The number of nitrogens with zero attached hydrogens (tertiary/aromatic N) is 1. The van der Waals surface area contributed by atoms with Crippen molar-refractivity contribution in [1.29, 1.82) is 0 Å². The minimum Gasteiger partial charge on any atom is -0.492 e. The summed E-state index contributed by atoms with van der Waals surface area (Å²) in [4.78, 5) is 23.0. The van der Waals surface area contributed by atoms with Crippen molar-refractivity contribution in [2.75, 3.05) is 6.61 Å². The van der Waals surface area contributed by atoms with Crippen LogP contribution in [0.2, 0.25) is 0 Å². The second-order valence-electron chi connectivity index (χ2n) is 4.61. The number of pyridine rings is 1. The van der Waals surface area contributed by atoms with Gasteiger partial charge in [-0.15, -0.1) is 0 Å². The number of aromatic nitrogens is 1. The normalized spacial score (nSPS) is 10.4. The van der Waals surface area contributed by atoms with Crippen LogP contribution in [0.15, 0.2) is 41.3 Å². The molecule has 0 bridgehead atoms. The molecule has 0 amide bonds. The molecule has 0 saturated carbocycles. The van der Waals surface area contributed by atoms with Crippen molar-refractivity contribution in [3.8, 4) is 11.4 Å². The van der Waals surface area contributed by atoms with Gasteiger partial charge in [0.15, 0.2) is 5.43 Å². The SMILES string of the molecule is CCOc1ccccc1-n1cc(CC(=O)Cl)c(=O)cc1C. The second kappa shape index (κ2) is 6.59. The maximum absolute atomic E-state index is 11.9. The first-order valence-corrected chi connectivity index (χ1v) is 7.03. The van der Waals surface area contributed by atoms with Crippen molar-refractivity contribution in [2.24, 2.45) is 0 Å². The lowest BCUT2D eigenvalue weighted by Gasteiger charge is -2.16. The summed E-state index contributed by atoms with van der Waals surface area (Å²) in [5.74, 6) is 0.717. The van der Waals surface area contributed by atoms with Gasteiger partial charge in [-0.3, -0.25) is 9.59 Å². The molecule has 4 nitrogen and oxygen atoms in total. The highest BCUT2D eigenvalue weighted by Crippen LogP contribution is 2.23. The Labute approximate surface area is 127 Å². The molecule has 2 aromatic rings. The third-order valence-corrected chi connectivity index (χ3v) is 3.21. The second-order valence-corrected chi connectivity index (χ2v) is 5.03. The van der Waals surface area contributed by atoms with Crippen LogP contribution >= 0.6 is 11.6 Å². The van der Waals surface area contributed by atoms with Gasteiger partial charge in [0, 0.05) is 23.5 Å². The van der Waals surface area contributed by atoms with Crippen LogP contribution in [0.25, 0.3) is 5.69 Å². The highest BCUT2D eigenvalue weighted by atomic mass is 35.5. The molecule has 1 aromatic heterocycles. The van der Waals surface area contributed by atoms with E-state index in [9.17, 15) is 9.59 Å². The monoisotopic (exact) mass is 305 g/mol. The topological polar surface area (TPSA) is 48.3 Å². The van der Waals surface area contributed by atoms with Crippen LogP contribution < -0.4 is 10.2 Å². The van der Waals surface area contributed by atoms with Gasteiger partial charge in [0.2, 0.25) is 5.24 Å². The van der Waals surface area contributed by atoms with Gasteiger partial charge < -0.3 is 9.30 Å². The zero-order valence-corrected chi connectivity index (χ0v) is 12.7. The van der Waals surface area contributed by atoms with E-state index in [0.29, 0.717) is 12.2 Å². The summed E-state index contributed by atoms with van der Waals surface area (Å²) >= 11 is 5.39. The van der Waals surface area contributed by atoms with Gasteiger partial charge in [-0.1, -0.05) is 12.1 Å². The van der Waals surface area contributed by atoms with Crippen molar-refractivity contribution >= 4 is 16.8 Å². The molecule has 0 radical (unpaired) electrons. The number of rotatable bonds is 5. The number of carbonyl (C=O) groups excluding carboxylic acids is 1. The fraction of sp³-hybridized carbons (Fsp3) is 0.250. The van der Waals surface area contributed by atoms with E-state index >= 15 is 0 Å². The Morgan fingerprint density at radius 3 is 2.71 bits per heavy atom. The summed E-state index contributed by atoms with van der Waals surface area (Å²) in [7, 11) is 0. The molecule has 1 aromatic carbocycles. The largest absolute Gasteiger partial charge is 0.492 e. The zero-order chi connectivity index (χ0) is 15.4. The number of carbonyl (C=O) groups is 1. The molecule has 0 atom stereocenters. The van der Waals surface area contributed by atoms with Gasteiger partial charge in [0.05, 0.1) is 18.7 Å². The van der Waals surface area contributed by atoms with E-state index in [-0.39, 0.29) is 11.8 Å². The van der Waals surface area contributed by atoms with E-state index in [4.69, 9.17) is 16.3 Å². The van der Waals surface area contributed by atoms with Crippen LogP contribution in [-0.2, 0) is 11.2 Å². The first-order chi connectivity index (χ1) is 10.0. The average molecular weight is 306 g/mol. The molecule has 110 valence electrons. The molecule has 0 aliphatic heterocycles. The molecule has 0 spiro atoms. The zero-order valence-electron chi connectivity index (χ0n) is 11.9. The van der Waals surface area contributed by atoms with Gasteiger partial charge in [-0.05, 0) is 37.6 Å². The Morgan fingerprint density at radius 2 is 2.05 bits per heavy atom. The first-order valence-electron chi connectivity index (χ1n) is 6.65. The maximum Gasteiger partial charge on any atom is 0.226 e. The summed E-state index contributed by atoms with van der Waals surface area (Å²) in [6.07, 6.45) is 1.56. The highest BCUT2D eigenvalue weighted by molar-refractivity contribution is 6.63. The lowest BCUT2D eigenvalue weighted by molar-refractivity contribution is -0.111. The van der Waals surface area contributed by atoms with E-state index in [1.807, 2.05) is 42.7 Å². The third-order valence-electron chi connectivity index (χ3n) is 3.08. The molecule has 0 fully saturated rings.